The van der Waals surface area contributed by atoms with Crippen LogP contribution in [0.3, 0.4) is 0 Å². The van der Waals surface area contributed by atoms with Crippen molar-refractivity contribution in [2.24, 2.45) is 0 Å². The van der Waals surface area contributed by atoms with Crippen molar-refractivity contribution in [2.45, 2.75) is 57.7 Å². The Labute approximate surface area is 152 Å². The number of aliphatic hydroxyl groups is 2. The van der Waals surface area contributed by atoms with Crippen molar-refractivity contribution in [1.29, 1.82) is 0 Å². The molecule has 0 heterocycles. The Hall–Kier alpha value is -1.97. The van der Waals surface area contributed by atoms with Crippen LogP contribution in [-0.4, -0.2) is 28.7 Å². The number of aliphatic hydroxyl groups excluding tert-OH is 2. The average molecular weight is 344 g/mol. The van der Waals surface area contributed by atoms with Crippen LogP contribution in [0, 0.1) is 0 Å². The van der Waals surface area contributed by atoms with Gasteiger partial charge in [-0.3, -0.25) is 0 Å². The standard InChI is InChI=1S/C22H32O3/c1-2-3-12-16-21(24)17-13-10-8-6-4-5-7-9-11-14-18-22(25)19-15-20-23/h3-5,8-14,17-18,20-22,24-25H,2,6-7,15-16,19H2,1H3/b5-4-,10-8-,11-9-,12-3-,17-13+,18-14+/t21-,22-/m1/s1. The summed E-state index contributed by atoms with van der Waals surface area (Å²) in [5.41, 5.74) is 0. The molecule has 0 unspecified atom stereocenters. The highest BCUT2D eigenvalue weighted by molar-refractivity contribution is 5.49. The number of rotatable bonds is 14. The molecule has 0 fully saturated rings. The summed E-state index contributed by atoms with van der Waals surface area (Å²) in [6, 6.07) is 0. The minimum Gasteiger partial charge on any atom is -0.389 e. The van der Waals surface area contributed by atoms with E-state index < -0.39 is 12.2 Å². The van der Waals surface area contributed by atoms with Crippen LogP contribution >= 0.6 is 0 Å². The normalized spacial score (nSPS) is 15.6. The van der Waals surface area contributed by atoms with Gasteiger partial charge in [-0.1, -0.05) is 79.8 Å². The second kappa shape index (κ2) is 18.4. The Bertz CT molecular complexity index is 482. The summed E-state index contributed by atoms with van der Waals surface area (Å²) in [7, 11) is 0. The molecule has 0 aliphatic heterocycles. The Morgan fingerprint density at radius 1 is 0.760 bits per heavy atom. The number of allylic oxidation sites excluding steroid dienone is 9. The zero-order valence-corrected chi connectivity index (χ0v) is 15.2. The highest BCUT2D eigenvalue weighted by Crippen LogP contribution is 1.99. The average Bonchev–Trinajstić information content (AvgIpc) is 2.61. The second-order valence-corrected chi connectivity index (χ2v) is 5.56. The minimum absolute atomic E-state index is 0.384. The van der Waals surface area contributed by atoms with E-state index in [0.717, 1.165) is 25.5 Å². The third-order valence-corrected chi connectivity index (χ3v) is 3.23. The van der Waals surface area contributed by atoms with Gasteiger partial charge in [0, 0.05) is 6.42 Å². The van der Waals surface area contributed by atoms with Crippen LogP contribution in [0.15, 0.2) is 72.9 Å². The molecule has 2 atom stereocenters. The minimum atomic E-state index is -0.551. The predicted octanol–water partition coefficient (Wildman–Crippen LogP) is 4.60. The molecule has 138 valence electrons. The van der Waals surface area contributed by atoms with Gasteiger partial charge in [-0.05, 0) is 32.1 Å². The molecule has 0 aromatic carbocycles. The van der Waals surface area contributed by atoms with Crippen LogP contribution < -0.4 is 0 Å². The van der Waals surface area contributed by atoms with E-state index in [9.17, 15) is 15.0 Å². The first-order valence-electron chi connectivity index (χ1n) is 8.97. The Balaban J connectivity index is 3.77. The highest BCUT2D eigenvalue weighted by atomic mass is 16.3. The predicted molar refractivity (Wildman–Crippen MR) is 106 cm³/mol. The van der Waals surface area contributed by atoms with Crippen LogP contribution in [0.4, 0.5) is 0 Å². The quantitative estimate of drug-likeness (QED) is 0.275. The zero-order chi connectivity index (χ0) is 18.6. The molecule has 0 amide bonds. The van der Waals surface area contributed by atoms with Crippen LogP contribution in [0.1, 0.15) is 45.4 Å². The van der Waals surface area contributed by atoms with Crippen molar-refractivity contribution in [2.75, 3.05) is 0 Å². The lowest BCUT2D eigenvalue weighted by atomic mass is 10.2. The molecule has 0 aliphatic rings. The number of carbonyl (C=O) groups excluding carboxylic acids is 1. The number of carbonyl (C=O) groups is 1. The summed E-state index contributed by atoms with van der Waals surface area (Å²) in [6.45, 7) is 2.07. The van der Waals surface area contributed by atoms with E-state index >= 15 is 0 Å². The maximum absolute atomic E-state index is 10.2. The van der Waals surface area contributed by atoms with Gasteiger partial charge in [0.2, 0.25) is 0 Å². The third kappa shape index (κ3) is 18.2. The van der Waals surface area contributed by atoms with Gasteiger partial charge in [0.15, 0.2) is 0 Å². The molecule has 0 aromatic rings. The van der Waals surface area contributed by atoms with E-state index in [-0.39, 0.29) is 0 Å². The fourth-order valence-electron chi connectivity index (χ4n) is 1.86. The van der Waals surface area contributed by atoms with Crippen molar-refractivity contribution in [3.8, 4) is 0 Å². The fraction of sp³-hybridized carbons (Fsp3) is 0.409. The summed E-state index contributed by atoms with van der Waals surface area (Å²) in [5.74, 6) is 0. The van der Waals surface area contributed by atoms with Crippen molar-refractivity contribution < 1.29 is 15.0 Å². The van der Waals surface area contributed by atoms with E-state index in [1.54, 1.807) is 18.2 Å². The maximum Gasteiger partial charge on any atom is 0.120 e. The second-order valence-electron chi connectivity index (χ2n) is 5.56. The summed E-state index contributed by atoms with van der Waals surface area (Å²) in [6.07, 6.45) is 27.3. The van der Waals surface area contributed by atoms with Crippen molar-refractivity contribution in [3.05, 3.63) is 72.9 Å². The lowest BCUT2D eigenvalue weighted by Crippen LogP contribution is -2.01. The summed E-state index contributed by atoms with van der Waals surface area (Å²) in [4.78, 5) is 10.2. The van der Waals surface area contributed by atoms with Crippen LogP contribution in [0.2, 0.25) is 0 Å². The van der Waals surface area contributed by atoms with Gasteiger partial charge in [-0.15, -0.1) is 0 Å². The number of hydrogen-bond donors (Lipinski definition) is 2. The van der Waals surface area contributed by atoms with E-state index in [1.807, 2.05) is 36.5 Å². The molecule has 25 heavy (non-hydrogen) atoms. The SMILES string of the molecule is CC/C=C\C[C@@H](O)/C=C/C=C\C/C=C\C/C=C\C=C\[C@@H](O)CCC=O. The van der Waals surface area contributed by atoms with Gasteiger partial charge < -0.3 is 15.0 Å². The molecule has 0 aliphatic carbocycles. The summed E-state index contributed by atoms with van der Waals surface area (Å²) < 4.78 is 0. The van der Waals surface area contributed by atoms with E-state index in [0.29, 0.717) is 19.3 Å². The third-order valence-electron chi connectivity index (χ3n) is 3.23. The molecule has 0 rings (SSSR count). The van der Waals surface area contributed by atoms with Crippen LogP contribution in [0.5, 0.6) is 0 Å². The summed E-state index contributed by atoms with van der Waals surface area (Å²) in [5, 5.41) is 19.2. The van der Waals surface area contributed by atoms with E-state index in [4.69, 9.17) is 0 Å². The van der Waals surface area contributed by atoms with E-state index in [2.05, 4.69) is 25.2 Å². The molecular weight excluding hydrogens is 312 g/mol. The fourth-order valence-corrected chi connectivity index (χ4v) is 1.86. The van der Waals surface area contributed by atoms with Crippen molar-refractivity contribution >= 4 is 6.29 Å². The van der Waals surface area contributed by atoms with Crippen LogP contribution in [-0.2, 0) is 4.79 Å². The zero-order valence-electron chi connectivity index (χ0n) is 15.2. The first-order chi connectivity index (χ1) is 12.2. The Morgan fingerprint density at radius 2 is 1.36 bits per heavy atom. The molecule has 3 heteroatoms. The number of hydrogen-bond acceptors (Lipinski definition) is 3. The Morgan fingerprint density at radius 3 is 1.92 bits per heavy atom. The van der Waals surface area contributed by atoms with Gasteiger partial charge >= 0.3 is 0 Å². The molecule has 0 saturated heterocycles. The Kier molecular flexibility index (Phi) is 16.9. The molecule has 0 bridgehead atoms. The van der Waals surface area contributed by atoms with Crippen molar-refractivity contribution in [1.82, 2.24) is 0 Å². The summed E-state index contributed by atoms with van der Waals surface area (Å²) >= 11 is 0. The lowest BCUT2D eigenvalue weighted by molar-refractivity contribution is -0.108. The maximum atomic E-state index is 10.2. The van der Waals surface area contributed by atoms with Gasteiger partial charge in [0.25, 0.3) is 0 Å². The number of aldehydes is 1. The lowest BCUT2D eigenvalue weighted by Gasteiger charge is -1.99. The molecule has 3 nitrogen and oxygen atoms in total. The molecular formula is C22H32O3. The van der Waals surface area contributed by atoms with Gasteiger partial charge in [0.05, 0.1) is 12.2 Å². The molecule has 0 radical (unpaired) electrons. The highest BCUT2D eigenvalue weighted by Gasteiger charge is 1.95. The largest absolute Gasteiger partial charge is 0.389 e. The van der Waals surface area contributed by atoms with Crippen molar-refractivity contribution in [3.63, 3.8) is 0 Å². The molecule has 0 aromatic heterocycles. The van der Waals surface area contributed by atoms with Gasteiger partial charge in [-0.2, -0.15) is 0 Å². The first-order valence-corrected chi connectivity index (χ1v) is 8.97. The van der Waals surface area contributed by atoms with Gasteiger partial charge in [0.1, 0.15) is 6.29 Å². The molecule has 0 spiro atoms. The monoisotopic (exact) mass is 344 g/mol. The smallest absolute Gasteiger partial charge is 0.120 e. The molecule has 0 saturated carbocycles. The topological polar surface area (TPSA) is 57.5 Å². The van der Waals surface area contributed by atoms with E-state index in [1.165, 1.54) is 0 Å². The first kappa shape index (κ1) is 23.0. The van der Waals surface area contributed by atoms with Crippen LogP contribution in [0.25, 0.3) is 0 Å². The van der Waals surface area contributed by atoms with Gasteiger partial charge in [-0.25, -0.2) is 0 Å². The molecule has 2 N–H and O–H groups in total.